The quantitative estimate of drug-likeness (QED) is 0.321. The molecule has 35 heavy (non-hydrogen) atoms. The molecule has 0 aromatic carbocycles. The van der Waals surface area contributed by atoms with Crippen molar-refractivity contribution in [2.24, 2.45) is 14.1 Å². The molecule has 13 heteroatoms. The van der Waals surface area contributed by atoms with E-state index in [2.05, 4.69) is 10.6 Å². The molecule has 0 bridgehead atoms. The summed E-state index contributed by atoms with van der Waals surface area (Å²) < 4.78 is 3.72. The third kappa shape index (κ3) is 5.41. The lowest BCUT2D eigenvalue weighted by Gasteiger charge is -2.13. The molecular formula is C22H24N4O6S3. The molecule has 10 nitrogen and oxygen atoms in total. The first kappa shape index (κ1) is 26.4. The van der Waals surface area contributed by atoms with E-state index in [1.165, 1.54) is 73.5 Å². The summed E-state index contributed by atoms with van der Waals surface area (Å²) in [6.45, 7) is 3.87. The minimum atomic E-state index is -0.726. The highest BCUT2D eigenvalue weighted by atomic mass is 32.2. The number of hydrogen-bond acceptors (Lipinski definition) is 9. The van der Waals surface area contributed by atoms with Gasteiger partial charge in [0, 0.05) is 26.5 Å². The SMILES string of the molecule is CCSc1sc(SCC)c(NC(=O)c2ccn(C)c(=O)c2O)c1NC(=O)c1ccn(C)c(=O)c1O. The maximum absolute atomic E-state index is 13.0. The van der Waals surface area contributed by atoms with Gasteiger partial charge in [-0.1, -0.05) is 13.8 Å². The lowest BCUT2D eigenvalue weighted by molar-refractivity contribution is 0.101. The number of thiophene rings is 1. The molecule has 0 unspecified atom stereocenters. The number of thioether (sulfide) groups is 2. The second kappa shape index (κ2) is 11.1. The van der Waals surface area contributed by atoms with E-state index >= 15 is 0 Å². The van der Waals surface area contributed by atoms with Crippen LogP contribution < -0.4 is 21.8 Å². The fraction of sp³-hybridized carbons (Fsp3) is 0.273. The molecule has 0 radical (unpaired) electrons. The Bertz CT molecular complexity index is 1310. The van der Waals surface area contributed by atoms with Gasteiger partial charge in [-0.2, -0.15) is 0 Å². The molecule has 0 spiro atoms. The highest BCUT2D eigenvalue weighted by Crippen LogP contribution is 2.49. The lowest BCUT2D eigenvalue weighted by atomic mass is 10.2. The predicted octanol–water partition coefficient (Wildman–Crippen LogP) is 3.29. The monoisotopic (exact) mass is 536 g/mol. The molecule has 0 aliphatic carbocycles. The second-order valence-electron chi connectivity index (χ2n) is 7.19. The molecule has 0 aliphatic heterocycles. The molecule has 3 aromatic rings. The van der Waals surface area contributed by atoms with Gasteiger partial charge in [0.25, 0.3) is 22.9 Å². The minimum absolute atomic E-state index is 0.210. The molecule has 186 valence electrons. The first-order chi connectivity index (χ1) is 16.6. The standard InChI is InChI=1S/C22H24N4O6S3/c1-5-33-21-13(23-17(29)11-7-9-25(3)19(31)15(11)27)14(22(35-21)34-6-2)24-18(30)12-8-10-26(4)20(32)16(12)28/h7-10,27-28H,5-6H2,1-4H3,(H,23,29)(H,24,30). The number of rotatable bonds is 8. The summed E-state index contributed by atoms with van der Waals surface area (Å²) in [7, 11) is 2.90. The van der Waals surface area contributed by atoms with Gasteiger partial charge in [-0.05, 0) is 23.6 Å². The van der Waals surface area contributed by atoms with E-state index in [1.54, 1.807) is 0 Å². The largest absolute Gasteiger partial charge is 0.502 e. The van der Waals surface area contributed by atoms with Crippen LogP contribution in [0.2, 0.25) is 0 Å². The van der Waals surface area contributed by atoms with Gasteiger partial charge in [-0.15, -0.1) is 34.9 Å². The van der Waals surface area contributed by atoms with E-state index in [0.29, 0.717) is 31.3 Å². The zero-order valence-corrected chi connectivity index (χ0v) is 21.8. The third-order valence-corrected chi connectivity index (χ3v) is 8.34. The summed E-state index contributed by atoms with van der Waals surface area (Å²) in [6, 6.07) is 2.64. The fourth-order valence-corrected chi connectivity index (χ4v) is 6.68. The fourth-order valence-electron chi connectivity index (χ4n) is 3.04. The van der Waals surface area contributed by atoms with Crippen molar-refractivity contribution in [1.29, 1.82) is 0 Å². The number of carbonyl (C=O) groups is 2. The van der Waals surface area contributed by atoms with Crippen molar-refractivity contribution in [3.63, 3.8) is 0 Å². The van der Waals surface area contributed by atoms with Crippen molar-refractivity contribution in [3.8, 4) is 11.5 Å². The smallest absolute Gasteiger partial charge is 0.293 e. The number of nitrogens with zero attached hydrogens (tertiary/aromatic N) is 2. The van der Waals surface area contributed by atoms with E-state index in [1.807, 2.05) is 13.8 Å². The van der Waals surface area contributed by atoms with Crippen molar-refractivity contribution in [2.45, 2.75) is 22.3 Å². The highest BCUT2D eigenvalue weighted by molar-refractivity contribution is 8.03. The van der Waals surface area contributed by atoms with Gasteiger partial charge in [-0.25, -0.2) is 0 Å². The number of aromatic hydroxyl groups is 2. The van der Waals surface area contributed by atoms with Crippen LogP contribution in [0.3, 0.4) is 0 Å². The number of nitrogens with one attached hydrogen (secondary N) is 2. The number of aromatic nitrogens is 2. The normalized spacial score (nSPS) is 10.9. The Hall–Kier alpha value is -3.16. The molecule has 0 saturated carbocycles. The first-order valence-electron chi connectivity index (χ1n) is 10.4. The molecule has 0 fully saturated rings. The number of anilines is 2. The van der Waals surface area contributed by atoms with Gasteiger partial charge >= 0.3 is 0 Å². The van der Waals surface area contributed by atoms with Crippen LogP contribution >= 0.6 is 34.9 Å². The van der Waals surface area contributed by atoms with E-state index in [-0.39, 0.29) is 11.1 Å². The molecule has 4 N–H and O–H groups in total. The van der Waals surface area contributed by atoms with E-state index in [4.69, 9.17) is 0 Å². The van der Waals surface area contributed by atoms with Crippen LogP contribution in [0.5, 0.6) is 11.5 Å². The van der Waals surface area contributed by atoms with Crippen LogP contribution in [0, 0.1) is 0 Å². The van der Waals surface area contributed by atoms with Gasteiger partial charge in [0.15, 0.2) is 11.5 Å². The average Bonchev–Trinajstić information content (AvgIpc) is 3.12. The summed E-state index contributed by atoms with van der Waals surface area (Å²) in [5.74, 6) is -1.47. The lowest BCUT2D eigenvalue weighted by Crippen LogP contribution is -2.23. The van der Waals surface area contributed by atoms with Crippen LogP contribution in [-0.4, -0.2) is 42.7 Å². The van der Waals surface area contributed by atoms with Crippen molar-refractivity contribution >= 4 is 58.0 Å². The Morgan fingerprint density at radius 3 is 1.54 bits per heavy atom. The number of aryl methyl sites for hydroxylation is 2. The van der Waals surface area contributed by atoms with Crippen molar-refractivity contribution in [2.75, 3.05) is 22.1 Å². The van der Waals surface area contributed by atoms with Crippen molar-refractivity contribution in [1.82, 2.24) is 9.13 Å². The molecule has 3 rings (SSSR count). The average molecular weight is 537 g/mol. The molecular weight excluding hydrogens is 512 g/mol. The maximum atomic E-state index is 13.0. The van der Waals surface area contributed by atoms with Crippen LogP contribution in [0.1, 0.15) is 34.6 Å². The zero-order chi connectivity index (χ0) is 25.9. The van der Waals surface area contributed by atoms with E-state index in [0.717, 1.165) is 9.13 Å². The second-order valence-corrected chi connectivity index (χ2v) is 11.3. The molecule has 3 aromatic heterocycles. The first-order valence-corrected chi connectivity index (χ1v) is 13.2. The number of carbonyl (C=O) groups excluding carboxylic acids is 2. The van der Waals surface area contributed by atoms with Gasteiger partial charge in [0.1, 0.15) is 0 Å². The Balaban J connectivity index is 2.07. The summed E-state index contributed by atoms with van der Waals surface area (Å²) in [5, 5.41) is 25.9. The summed E-state index contributed by atoms with van der Waals surface area (Å²) in [6.07, 6.45) is 2.73. The van der Waals surface area contributed by atoms with Gasteiger partial charge in [0.2, 0.25) is 0 Å². The zero-order valence-electron chi connectivity index (χ0n) is 19.4. The Labute approximate surface area is 213 Å². The molecule has 2 amide bonds. The molecule has 3 heterocycles. The van der Waals surface area contributed by atoms with Gasteiger partial charge < -0.3 is 30.0 Å². The van der Waals surface area contributed by atoms with Crippen molar-refractivity contribution in [3.05, 3.63) is 56.4 Å². The molecule has 0 aliphatic rings. The van der Waals surface area contributed by atoms with E-state index in [9.17, 15) is 29.4 Å². The summed E-state index contributed by atoms with van der Waals surface area (Å²) in [5.41, 5.74) is -1.25. The number of pyridine rings is 2. The predicted molar refractivity (Wildman–Crippen MR) is 140 cm³/mol. The Morgan fingerprint density at radius 1 is 0.829 bits per heavy atom. The molecule has 0 saturated heterocycles. The Kier molecular flexibility index (Phi) is 8.35. The Morgan fingerprint density at radius 2 is 1.20 bits per heavy atom. The van der Waals surface area contributed by atoms with Crippen LogP contribution in [0.15, 0.2) is 42.5 Å². The van der Waals surface area contributed by atoms with Crippen LogP contribution in [0.25, 0.3) is 0 Å². The minimum Gasteiger partial charge on any atom is -0.502 e. The topological polar surface area (TPSA) is 143 Å². The van der Waals surface area contributed by atoms with Crippen LogP contribution in [0.4, 0.5) is 11.4 Å². The van der Waals surface area contributed by atoms with Gasteiger partial charge in [0.05, 0.1) is 30.9 Å². The highest BCUT2D eigenvalue weighted by Gasteiger charge is 2.26. The summed E-state index contributed by atoms with van der Waals surface area (Å²) >= 11 is 4.27. The number of hydrogen-bond donors (Lipinski definition) is 4. The maximum Gasteiger partial charge on any atom is 0.293 e. The van der Waals surface area contributed by atoms with Crippen LogP contribution in [-0.2, 0) is 14.1 Å². The van der Waals surface area contributed by atoms with Crippen molar-refractivity contribution < 1.29 is 19.8 Å². The third-order valence-electron chi connectivity index (χ3n) is 4.85. The number of amides is 2. The molecule has 0 atom stereocenters. The summed E-state index contributed by atoms with van der Waals surface area (Å²) in [4.78, 5) is 50.2. The van der Waals surface area contributed by atoms with E-state index < -0.39 is 34.4 Å². The van der Waals surface area contributed by atoms with Gasteiger partial charge in [-0.3, -0.25) is 19.2 Å².